The molecule has 0 aromatic rings. The third-order valence-electron chi connectivity index (χ3n) is 7.90. The number of carboxylic acids is 2. The van der Waals surface area contributed by atoms with Crippen LogP contribution in [-0.2, 0) is 28.7 Å². The van der Waals surface area contributed by atoms with Crippen LogP contribution in [0.1, 0.15) is 67.2 Å². The second kappa shape index (κ2) is 17.8. The van der Waals surface area contributed by atoms with Crippen LogP contribution in [0.2, 0.25) is 0 Å². The summed E-state index contributed by atoms with van der Waals surface area (Å²) in [7, 11) is 0. The zero-order chi connectivity index (χ0) is 38.1. The summed E-state index contributed by atoms with van der Waals surface area (Å²) in [5, 5.41) is 45.1. The van der Waals surface area contributed by atoms with Crippen LogP contribution in [-0.4, -0.2) is 115 Å². The maximum Gasteiger partial charge on any atom is 0.350 e. The predicted octanol–water partition coefficient (Wildman–Crippen LogP) is 2.24. The van der Waals surface area contributed by atoms with Crippen LogP contribution in [0.25, 0.3) is 0 Å². The van der Waals surface area contributed by atoms with E-state index in [1.807, 2.05) is 0 Å². The van der Waals surface area contributed by atoms with E-state index in [-0.39, 0.29) is 59.6 Å². The molecule has 18 heteroatoms. The van der Waals surface area contributed by atoms with Crippen LogP contribution < -0.4 is 21.3 Å². The normalized spacial score (nSPS) is 25.9. The minimum Gasteiger partial charge on any atom is -0.477 e. The van der Waals surface area contributed by atoms with E-state index >= 15 is 0 Å². The topological polar surface area (TPSA) is 257 Å². The van der Waals surface area contributed by atoms with Gasteiger partial charge in [-0.15, -0.1) is 12.8 Å². The van der Waals surface area contributed by atoms with Crippen LogP contribution in [0.3, 0.4) is 0 Å². The van der Waals surface area contributed by atoms with Gasteiger partial charge in [0.25, 0.3) is 0 Å². The monoisotopic (exact) mass is 740 g/mol. The molecule has 8 N–H and O–H groups in total. The fourth-order valence-electron chi connectivity index (χ4n) is 5.75. The number of carbonyl (C=O) groups is 6. The van der Waals surface area contributed by atoms with Crippen molar-refractivity contribution in [1.82, 2.24) is 21.3 Å². The molecule has 0 aliphatic carbocycles. The van der Waals surface area contributed by atoms with E-state index in [1.54, 1.807) is 65.1 Å². The molecule has 0 aromatic heterocycles. The summed E-state index contributed by atoms with van der Waals surface area (Å²) in [6.45, 7) is 10.2. The number of thioether (sulfide) groups is 2. The molecule has 4 amide bonds. The standard InChI is InChI=1S/2C15H23N3O5S.C2H2/c2*1-15(2,3)23-13(21)7(10(16)12(19)20)4-5-9-11-8(6-24-9)17-14(22)18-11;1-2/h2*7-9,11,16H,4-6H2,1-3H3,(H,19,20)(H2,17,18,22);1-2H/t2*7?,8-,9-,11-;/m00./s1. The first-order chi connectivity index (χ1) is 23.2. The lowest BCUT2D eigenvalue weighted by molar-refractivity contribution is -0.159. The van der Waals surface area contributed by atoms with E-state index in [4.69, 9.17) is 30.5 Å². The molecule has 278 valence electrons. The lowest BCUT2D eigenvalue weighted by Crippen LogP contribution is -2.39. The van der Waals surface area contributed by atoms with Crippen molar-refractivity contribution in [3.8, 4) is 12.8 Å². The number of terminal acetylenes is 1. The van der Waals surface area contributed by atoms with Crippen LogP contribution in [0.4, 0.5) is 9.59 Å². The first-order valence-corrected chi connectivity index (χ1v) is 18.1. The SMILES string of the molecule is C#C.CC(C)(C)OC(=O)C(CC[C@@H]1SC[C@@H]2NC(=O)N[C@@H]21)C(=N)C(=O)O.CC(C)(C)OC(=O)C(CC[C@@H]1SC[C@@H]2NC(=O)N[C@@H]21)C(=N)C(=O)O. The number of ether oxygens (including phenoxy) is 2. The lowest BCUT2D eigenvalue weighted by Gasteiger charge is -2.24. The molecular weight excluding hydrogens is 693 g/mol. The molecule has 0 radical (unpaired) electrons. The summed E-state index contributed by atoms with van der Waals surface area (Å²) in [5.41, 5.74) is -2.80. The van der Waals surface area contributed by atoms with E-state index in [2.05, 4.69) is 34.1 Å². The summed E-state index contributed by atoms with van der Waals surface area (Å²) in [5.74, 6) is -4.87. The number of hydrogen-bond acceptors (Lipinski definition) is 12. The van der Waals surface area contributed by atoms with Gasteiger partial charge in [0.15, 0.2) is 0 Å². The maximum atomic E-state index is 12.3. The summed E-state index contributed by atoms with van der Waals surface area (Å²) in [4.78, 5) is 69.6. The molecule has 4 rings (SSSR count). The minimum atomic E-state index is -1.42. The van der Waals surface area contributed by atoms with Gasteiger partial charge in [0.2, 0.25) is 0 Å². The Labute approximate surface area is 300 Å². The van der Waals surface area contributed by atoms with E-state index in [1.165, 1.54) is 0 Å². The second-order valence-electron chi connectivity index (χ2n) is 14.0. The number of amides is 4. The van der Waals surface area contributed by atoms with Crippen LogP contribution in [0.15, 0.2) is 0 Å². The van der Waals surface area contributed by atoms with Crippen molar-refractivity contribution >= 4 is 70.9 Å². The van der Waals surface area contributed by atoms with Gasteiger partial charge >= 0.3 is 35.9 Å². The van der Waals surface area contributed by atoms with Gasteiger partial charge in [0.1, 0.15) is 34.5 Å². The molecule has 0 bridgehead atoms. The largest absolute Gasteiger partial charge is 0.477 e. The van der Waals surface area contributed by atoms with Crippen molar-refractivity contribution in [3.63, 3.8) is 0 Å². The van der Waals surface area contributed by atoms with Gasteiger partial charge < -0.3 is 41.0 Å². The van der Waals surface area contributed by atoms with Gasteiger partial charge in [-0.1, -0.05) is 0 Å². The number of urea groups is 2. The number of esters is 2. The Morgan fingerprint density at radius 2 is 1.04 bits per heavy atom. The van der Waals surface area contributed by atoms with Crippen molar-refractivity contribution in [2.75, 3.05) is 11.5 Å². The molecule has 16 nitrogen and oxygen atoms in total. The quantitative estimate of drug-likeness (QED) is 0.0621. The molecule has 2 unspecified atom stereocenters. The van der Waals surface area contributed by atoms with Crippen LogP contribution in [0, 0.1) is 35.5 Å². The van der Waals surface area contributed by atoms with Crippen LogP contribution in [0.5, 0.6) is 0 Å². The smallest absolute Gasteiger partial charge is 0.350 e. The van der Waals surface area contributed by atoms with Crippen molar-refractivity contribution in [1.29, 1.82) is 10.8 Å². The Kier molecular flexibility index (Phi) is 15.0. The summed E-state index contributed by atoms with van der Waals surface area (Å²) in [6, 6.07) is -0.325. The average molecular weight is 741 g/mol. The van der Waals surface area contributed by atoms with Gasteiger partial charge in [0.05, 0.1) is 24.2 Å². The van der Waals surface area contributed by atoms with Gasteiger partial charge in [-0.05, 0) is 67.2 Å². The highest BCUT2D eigenvalue weighted by Gasteiger charge is 2.45. The summed E-state index contributed by atoms with van der Waals surface area (Å²) >= 11 is 3.35. The van der Waals surface area contributed by atoms with Crippen molar-refractivity contribution in [2.24, 2.45) is 11.8 Å². The number of nitrogens with one attached hydrogen (secondary N) is 6. The number of carboxylic acid groups (broad SMARTS) is 2. The molecule has 4 heterocycles. The van der Waals surface area contributed by atoms with E-state index in [0.29, 0.717) is 12.8 Å². The summed E-state index contributed by atoms with van der Waals surface area (Å²) in [6.07, 6.45) is 9.45. The lowest BCUT2D eigenvalue weighted by atomic mass is 9.93. The van der Waals surface area contributed by atoms with Crippen molar-refractivity contribution in [3.05, 3.63) is 0 Å². The molecule has 4 fully saturated rings. The number of hydrogen-bond donors (Lipinski definition) is 8. The molecule has 50 heavy (non-hydrogen) atoms. The molecule has 8 atom stereocenters. The van der Waals surface area contributed by atoms with Gasteiger partial charge in [0, 0.05) is 22.0 Å². The fraction of sp³-hybridized carbons (Fsp3) is 0.688. The first-order valence-electron chi connectivity index (χ1n) is 16.0. The maximum absolute atomic E-state index is 12.3. The Hall–Kier alpha value is -3.98. The Morgan fingerprint density at radius 3 is 1.32 bits per heavy atom. The fourth-order valence-corrected chi connectivity index (χ4v) is 8.78. The van der Waals surface area contributed by atoms with Crippen LogP contribution >= 0.6 is 23.5 Å². The van der Waals surface area contributed by atoms with Gasteiger partial charge in [-0.2, -0.15) is 23.5 Å². The van der Waals surface area contributed by atoms with E-state index < -0.39 is 58.3 Å². The van der Waals surface area contributed by atoms with E-state index in [9.17, 15) is 28.8 Å². The number of rotatable bonds is 12. The molecular formula is C32H48N6O10S2. The average Bonchev–Trinajstić information content (AvgIpc) is 3.74. The predicted molar refractivity (Wildman–Crippen MR) is 189 cm³/mol. The van der Waals surface area contributed by atoms with Gasteiger partial charge in [-0.25, -0.2) is 19.2 Å². The van der Waals surface area contributed by atoms with Gasteiger partial charge in [-0.3, -0.25) is 20.4 Å². The molecule has 4 aliphatic heterocycles. The number of aliphatic carboxylic acids is 2. The first kappa shape index (κ1) is 42.2. The summed E-state index contributed by atoms with van der Waals surface area (Å²) < 4.78 is 10.5. The Bertz CT molecular complexity index is 1260. The third kappa shape index (κ3) is 12.1. The molecule has 4 aliphatic rings. The Morgan fingerprint density at radius 1 is 0.720 bits per heavy atom. The molecule has 4 saturated heterocycles. The number of fused-ring (bicyclic) bond motifs is 2. The second-order valence-corrected chi connectivity index (χ2v) is 16.6. The minimum absolute atomic E-state index is 0.0270. The zero-order valence-electron chi connectivity index (χ0n) is 29.0. The third-order valence-corrected chi connectivity index (χ3v) is 10.9. The molecule has 0 spiro atoms. The molecule has 0 saturated carbocycles. The van der Waals surface area contributed by atoms with Crippen molar-refractivity contribution in [2.45, 2.75) is 113 Å². The highest BCUT2D eigenvalue weighted by atomic mass is 32.2. The number of carbonyl (C=O) groups excluding carboxylic acids is 4. The Balaban J connectivity index is 0.000000330. The molecule has 0 aromatic carbocycles. The highest BCUT2D eigenvalue weighted by molar-refractivity contribution is 8.00. The van der Waals surface area contributed by atoms with Crippen molar-refractivity contribution < 1.29 is 48.5 Å². The van der Waals surface area contributed by atoms with E-state index in [0.717, 1.165) is 11.5 Å². The highest BCUT2D eigenvalue weighted by Crippen LogP contribution is 2.35. The zero-order valence-corrected chi connectivity index (χ0v) is 30.6.